The molecule has 1 saturated heterocycles. The predicted octanol–water partition coefficient (Wildman–Crippen LogP) is 1.85. The maximum absolute atomic E-state index is 11.5. The summed E-state index contributed by atoms with van der Waals surface area (Å²) in [5.41, 5.74) is 1.71. The van der Waals surface area contributed by atoms with E-state index in [9.17, 15) is 9.90 Å². The van der Waals surface area contributed by atoms with Crippen LogP contribution in [-0.2, 0) is 6.54 Å². The second-order valence-corrected chi connectivity index (χ2v) is 5.03. The summed E-state index contributed by atoms with van der Waals surface area (Å²) >= 11 is 0. The first-order valence-corrected chi connectivity index (χ1v) is 6.68. The molecule has 1 fully saturated rings. The zero-order valence-electron chi connectivity index (χ0n) is 11.6. The van der Waals surface area contributed by atoms with Crippen LogP contribution in [0.15, 0.2) is 18.2 Å². The summed E-state index contributed by atoms with van der Waals surface area (Å²) in [5, 5.41) is 9.36. The molecule has 104 valence electrons. The molecule has 4 nitrogen and oxygen atoms in total. The summed E-state index contributed by atoms with van der Waals surface area (Å²) in [6.45, 7) is 3.46. The SMILES string of the molecule is COc1ccc(C(C)=O)cc1CN1CCC[C@H]1CO. The zero-order chi connectivity index (χ0) is 13.8. The number of hydrogen-bond donors (Lipinski definition) is 1. The second-order valence-electron chi connectivity index (χ2n) is 5.03. The summed E-state index contributed by atoms with van der Waals surface area (Å²) in [7, 11) is 1.64. The van der Waals surface area contributed by atoms with Gasteiger partial charge in [-0.25, -0.2) is 0 Å². The molecule has 0 aromatic heterocycles. The van der Waals surface area contributed by atoms with E-state index in [1.807, 2.05) is 12.1 Å². The molecule has 1 aromatic rings. The van der Waals surface area contributed by atoms with Crippen molar-refractivity contribution in [3.05, 3.63) is 29.3 Å². The standard InChI is InChI=1S/C15H21NO3/c1-11(18)12-5-6-15(19-2)13(8-12)9-16-7-3-4-14(16)10-17/h5-6,8,14,17H,3-4,7,9-10H2,1-2H3/t14-/m0/s1. The van der Waals surface area contributed by atoms with Crippen molar-refractivity contribution in [3.8, 4) is 5.75 Å². The third-order valence-corrected chi connectivity index (χ3v) is 3.77. The number of nitrogens with zero attached hydrogens (tertiary/aromatic N) is 1. The Balaban J connectivity index is 2.22. The fraction of sp³-hybridized carbons (Fsp3) is 0.533. The first kappa shape index (κ1) is 14.0. The van der Waals surface area contributed by atoms with Crippen LogP contribution in [0.1, 0.15) is 35.7 Å². The highest BCUT2D eigenvalue weighted by molar-refractivity contribution is 5.94. The number of rotatable bonds is 5. The van der Waals surface area contributed by atoms with Crippen LogP contribution in [0.25, 0.3) is 0 Å². The van der Waals surface area contributed by atoms with Crippen molar-refractivity contribution >= 4 is 5.78 Å². The van der Waals surface area contributed by atoms with Crippen molar-refractivity contribution in [1.82, 2.24) is 4.90 Å². The van der Waals surface area contributed by atoms with E-state index in [-0.39, 0.29) is 18.4 Å². The van der Waals surface area contributed by atoms with Crippen LogP contribution in [0.3, 0.4) is 0 Å². The lowest BCUT2D eigenvalue weighted by Gasteiger charge is -2.23. The first-order valence-electron chi connectivity index (χ1n) is 6.68. The highest BCUT2D eigenvalue weighted by atomic mass is 16.5. The van der Waals surface area contributed by atoms with Gasteiger partial charge in [0.1, 0.15) is 5.75 Å². The molecule has 1 heterocycles. The largest absolute Gasteiger partial charge is 0.496 e. The molecule has 1 aliphatic heterocycles. The van der Waals surface area contributed by atoms with Crippen LogP contribution >= 0.6 is 0 Å². The summed E-state index contributed by atoms with van der Waals surface area (Å²) in [6.07, 6.45) is 2.14. The van der Waals surface area contributed by atoms with Gasteiger partial charge >= 0.3 is 0 Å². The molecule has 1 N–H and O–H groups in total. The van der Waals surface area contributed by atoms with Crippen LogP contribution in [0.5, 0.6) is 5.75 Å². The number of aliphatic hydroxyl groups excluding tert-OH is 1. The lowest BCUT2D eigenvalue weighted by molar-refractivity contribution is 0.101. The molecular formula is C15H21NO3. The number of Topliss-reactive ketones (excluding diaryl/α,β-unsaturated/α-hetero) is 1. The average molecular weight is 263 g/mol. The molecule has 2 rings (SSSR count). The van der Waals surface area contributed by atoms with Gasteiger partial charge in [-0.1, -0.05) is 0 Å². The first-order chi connectivity index (χ1) is 9.15. The van der Waals surface area contributed by atoms with Crippen molar-refractivity contribution in [2.45, 2.75) is 32.4 Å². The van der Waals surface area contributed by atoms with Gasteiger partial charge in [-0.05, 0) is 44.5 Å². The Morgan fingerprint density at radius 2 is 2.32 bits per heavy atom. The summed E-state index contributed by atoms with van der Waals surface area (Å²) in [4.78, 5) is 13.7. The number of methoxy groups -OCH3 is 1. The Kier molecular flexibility index (Phi) is 4.56. The Morgan fingerprint density at radius 3 is 2.95 bits per heavy atom. The van der Waals surface area contributed by atoms with Gasteiger partial charge in [0.15, 0.2) is 5.78 Å². The van der Waals surface area contributed by atoms with E-state index in [0.29, 0.717) is 5.56 Å². The van der Waals surface area contributed by atoms with Gasteiger partial charge in [-0.2, -0.15) is 0 Å². The number of benzene rings is 1. The molecule has 0 radical (unpaired) electrons. The maximum atomic E-state index is 11.5. The van der Waals surface area contributed by atoms with Crippen molar-refractivity contribution in [3.63, 3.8) is 0 Å². The Bertz CT molecular complexity index is 459. The third-order valence-electron chi connectivity index (χ3n) is 3.77. The highest BCUT2D eigenvalue weighted by Gasteiger charge is 2.24. The molecule has 1 aromatic carbocycles. The van der Waals surface area contributed by atoms with E-state index < -0.39 is 0 Å². The zero-order valence-corrected chi connectivity index (χ0v) is 11.6. The van der Waals surface area contributed by atoms with Gasteiger partial charge in [0.05, 0.1) is 13.7 Å². The van der Waals surface area contributed by atoms with Gasteiger partial charge in [0, 0.05) is 23.7 Å². The van der Waals surface area contributed by atoms with Gasteiger partial charge in [-0.15, -0.1) is 0 Å². The predicted molar refractivity (Wildman–Crippen MR) is 73.5 cm³/mol. The Morgan fingerprint density at radius 1 is 1.53 bits per heavy atom. The highest BCUT2D eigenvalue weighted by Crippen LogP contribution is 2.26. The minimum Gasteiger partial charge on any atom is -0.496 e. The van der Waals surface area contributed by atoms with E-state index >= 15 is 0 Å². The van der Waals surface area contributed by atoms with Crippen molar-refractivity contribution < 1.29 is 14.6 Å². The van der Waals surface area contributed by atoms with Crippen LogP contribution in [0.4, 0.5) is 0 Å². The van der Waals surface area contributed by atoms with Crippen molar-refractivity contribution in [2.75, 3.05) is 20.3 Å². The summed E-state index contributed by atoms with van der Waals surface area (Å²) < 4.78 is 5.36. The van der Waals surface area contributed by atoms with Crippen LogP contribution in [-0.4, -0.2) is 42.1 Å². The molecule has 0 aliphatic carbocycles. The number of carbonyl (C=O) groups excluding carboxylic acids is 1. The van der Waals surface area contributed by atoms with Gasteiger partial charge in [0.25, 0.3) is 0 Å². The molecule has 0 bridgehead atoms. The number of carbonyl (C=O) groups is 1. The number of hydrogen-bond acceptors (Lipinski definition) is 4. The second kappa shape index (κ2) is 6.17. The number of ether oxygens (including phenoxy) is 1. The van der Waals surface area contributed by atoms with Gasteiger partial charge < -0.3 is 9.84 Å². The Labute approximate surface area is 114 Å². The molecule has 0 saturated carbocycles. The number of aliphatic hydroxyl groups is 1. The smallest absolute Gasteiger partial charge is 0.159 e. The molecule has 1 aliphatic rings. The quantitative estimate of drug-likeness (QED) is 0.824. The number of likely N-dealkylation sites (tertiary alicyclic amines) is 1. The van der Waals surface area contributed by atoms with Crippen molar-refractivity contribution in [1.29, 1.82) is 0 Å². The molecule has 19 heavy (non-hydrogen) atoms. The molecule has 1 atom stereocenters. The summed E-state index contributed by atoms with van der Waals surface area (Å²) in [5.74, 6) is 0.859. The van der Waals surface area contributed by atoms with Crippen molar-refractivity contribution in [2.24, 2.45) is 0 Å². The molecule has 0 unspecified atom stereocenters. The topological polar surface area (TPSA) is 49.8 Å². The molecule has 4 heteroatoms. The van der Waals surface area contributed by atoms with Gasteiger partial charge in [0.2, 0.25) is 0 Å². The van der Waals surface area contributed by atoms with E-state index in [4.69, 9.17) is 4.74 Å². The van der Waals surface area contributed by atoms with Crippen LogP contribution in [0, 0.1) is 0 Å². The average Bonchev–Trinajstić information content (AvgIpc) is 2.85. The van der Waals surface area contributed by atoms with E-state index in [1.54, 1.807) is 20.1 Å². The number of ketones is 1. The molecular weight excluding hydrogens is 242 g/mol. The third kappa shape index (κ3) is 3.14. The van der Waals surface area contributed by atoms with E-state index in [2.05, 4.69) is 4.90 Å². The minimum absolute atomic E-state index is 0.0593. The molecule has 0 spiro atoms. The van der Waals surface area contributed by atoms with Crippen LogP contribution in [0.2, 0.25) is 0 Å². The maximum Gasteiger partial charge on any atom is 0.159 e. The fourth-order valence-corrected chi connectivity index (χ4v) is 2.65. The molecule has 0 amide bonds. The van der Waals surface area contributed by atoms with Crippen LogP contribution < -0.4 is 4.74 Å². The van der Waals surface area contributed by atoms with E-state index in [1.165, 1.54) is 0 Å². The monoisotopic (exact) mass is 263 g/mol. The minimum atomic E-state index is 0.0593. The fourth-order valence-electron chi connectivity index (χ4n) is 2.65. The lowest BCUT2D eigenvalue weighted by atomic mass is 10.1. The van der Waals surface area contributed by atoms with E-state index in [0.717, 1.165) is 37.2 Å². The normalized spacial score (nSPS) is 19.6. The Hall–Kier alpha value is -1.39. The lowest BCUT2D eigenvalue weighted by Crippen LogP contribution is -2.31. The van der Waals surface area contributed by atoms with Gasteiger partial charge in [-0.3, -0.25) is 9.69 Å². The summed E-state index contributed by atoms with van der Waals surface area (Å²) in [6, 6.07) is 5.76.